The van der Waals surface area contributed by atoms with E-state index >= 15 is 0 Å². The van der Waals surface area contributed by atoms with Crippen molar-refractivity contribution in [1.29, 1.82) is 5.26 Å². The van der Waals surface area contributed by atoms with Gasteiger partial charge in [0.25, 0.3) is 0 Å². The Balaban J connectivity index is 1.70. The molecule has 0 unspecified atom stereocenters. The van der Waals surface area contributed by atoms with Crippen molar-refractivity contribution in [1.82, 2.24) is 9.97 Å². The number of nitrogens with two attached hydrogens (primary N) is 1. The van der Waals surface area contributed by atoms with Gasteiger partial charge in [-0.25, -0.2) is 14.4 Å². The molecule has 2 aliphatic rings. The number of hydrogen-bond donors (Lipinski definition) is 1. The van der Waals surface area contributed by atoms with E-state index in [4.69, 9.17) is 11.0 Å². The third kappa shape index (κ3) is 3.00. The number of aromatic nitrogens is 2. The fraction of sp³-hybridized carbons (Fsp3) is 0.300. The van der Waals surface area contributed by atoms with Crippen molar-refractivity contribution in [2.75, 3.05) is 6.67 Å². The maximum atomic E-state index is 14.6. The van der Waals surface area contributed by atoms with E-state index in [-0.39, 0.29) is 16.6 Å². The number of hydrogen-bond acceptors (Lipinski definition) is 6. The Hall–Kier alpha value is -2.97. The van der Waals surface area contributed by atoms with Crippen molar-refractivity contribution < 1.29 is 8.78 Å². The molecule has 0 saturated heterocycles. The summed E-state index contributed by atoms with van der Waals surface area (Å²) in [6.45, 7) is 1.23. The van der Waals surface area contributed by atoms with E-state index in [0.29, 0.717) is 23.2 Å². The average Bonchev–Trinajstić information content (AvgIpc) is 3.43. The molecule has 0 aromatic carbocycles. The van der Waals surface area contributed by atoms with Gasteiger partial charge in [0.05, 0.1) is 15.8 Å². The highest BCUT2D eigenvalue weighted by Gasteiger charge is 2.66. The van der Waals surface area contributed by atoms with Gasteiger partial charge in [0.15, 0.2) is 5.17 Å². The zero-order chi connectivity index (χ0) is 19.9. The van der Waals surface area contributed by atoms with Gasteiger partial charge in [-0.1, -0.05) is 17.7 Å². The highest BCUT2D eigenvalue weighted by Crippen LogP contribution is 2.65. The number of amidine groups is 1. The summed E-state index contributed by atoms with van der Waals surface area (Å²) in [7, 11) is 0. The maximum absolute atomic E-state index is 14.6. The molecule has 5 nitrogen and oxygen atoms in total. The molecule has 4 rings (SSSR count). The molecule has 1 saturated carbocycles. The lowest BCUT2D eigenvalue weighted by Crippen LogP contribution is -2.37. The van der Waals surface area contributed by atoms with Gasteiger partial charge in [-0.2, -0.15) is 9.65 Å². The van der Waals surface area contributed by atoms with Crippen LogP contribution in [0.4, 0.5) is 8.78 Å². The summed E-state index contributed by atoms with van der Waals surface area (Å²) in [6.07, 6.45) is 3.35. The number of halogens is 2. The lowest BCUT2D eigenvalue weighted by Gasteiger charge is -2.33. The molecule has 1 aliphatic heterocycles. The zero-order valence-electron chi connectivity index (χ0n) is 14.9. The van der Waals surface area contributed by atoms with Crippen molar-refractivity contribution >= 4 is 16.9 Å². The van der Waals surface area contributed by atoms with E-state index in [1.807, 2.05) is 6.07 Å². The molecule has 8 heteroatoms. The van der Waals surface area contributed by atoms with Crippen LogP contribution in [-0.2, 0) is 5.54 Å². The first-order chi connectivity index (χ1) is 13.4. The van der Waals surface area contributed by atoms with Crippen LogP contribution in [0.15, 0.2) is 35.6 Å². The summed E-state index contributed by atoms with van der Waals surface area (Å²) in [5.41, 5.74) is 6.60. The summed E-state index contributed by atoms with van der Waals surface area (Å²) >= 11 is 1.23. The largest absolute Gasteiger partial charge is 0.378 e. The minimum Gasteiger partial charge on any atom is -0.378 e. The van der Waals surface area contributed by atoms with E-state index in [2.05, 4.69) is 26.8 Å². The number of thioether (sulfide) groups is 1. The van der Waals surface area contributed by atoms with Gasteiger partial charge in [0, 0.05) is 29.4 Å². The standard InChI is InChI=1S/C20H15F2N5S/c1-19(16-7-20(16,11-21)28-18(24)27-19)15-6-12(9-26-17(15)22)2-4-14-5-3-13(8-23)10-25-14/h3,5-6,9-10,16H,7,11H2,1H3,(H2,24,27)/t16-,19+,20+/m0/s1. The van der Waals surface area contributed by atoms with Crippen molar-refractivity contribution in [2.24, 2.45) is 16.6 Å². The van der Waals surface area contributed by atoms with Crippen LogP contribution in [0.25, 0.3) is 0 Å². The molecule has 28 heavy (non-hydrogen) atoms. The van der Waals surface area contributed by atoms with Gasteiger partial charge < -0.3 is 5.73 Å². The lowest BCUT2D eigenvalue weighted by molar-refractivity contribution is 0.359. The Morgan fingerprint density at radius 3 is 2.75 bits per heavy atom. The van der Waals surface area contributed by atoms with Gasteiger partial charge in [-0.3, -0.25) is 4.99 Å². The highest BCUT2D eigenvalue weighted by molar-refractivity contribution is 8.15. The molecule has 2 N–H and O–H groups in total. The van der Waals surface area contributed by atoms with E-state index in [1.165, 1.54) is 24.2 Å². The van der Waals surface area contributed by atoms with Crippen LogP contribution < -0.4 is 5.73 Å². The molecular formula is C20H15F2N5S. The normalized spacial score (nSPS) is 27.6. The molecule has 1 fully saturated rings. The van der Waals surface area contributed by atoms with Crippen LogP contribution in [0.2, 0.25) is 0 Å². The topological polar surface area (TPSA) is 88.0 Å². The molecular weight excluding hydrogens is 380 g/mol. The summed E-state index contributed by atoms with van der Waals surface area (Å²) in [5.74, 6) is 4.96. The fourth-order valence-corrected chi connectivity index (χ4v) is 4.94. The minimum absolute atomic E-state index is 0.151. The Bertz CT molecular complexity index is 1080. The van der Waals surface area contributed by atoms with Crippen LogP contribution >= 0.6 is 11.8 Å². The number of nitrogens with zero attached hydrogens (tertiary/aromatic N) is 4. The van der Waals surface area contributed by atoms with E-state index in [0.717, 1.165) is 0 Å². The van der Waals surface area contributed by atoms with Crippen LogP contribution in [-0.4, -0.2) is 26.6 Å². The third-order valence-corrected chi connectivity index (χ3v) is 6.46. The number of alkyl halides is 1. The zero-order valence-corrected chi connectivity index (χ0v) is 15.7. The van der Waals surface area contributed by atoms with E-state index in [9.17, 15) is 8.78 Å². The van der Waals surface area contributed by atoms with Gasteiger partial charge in [-0.15, -0.1) is 0 Å². The Labute approximate surface area is 165 Å². The van der Waals surface area contributed by atoms with Gasteiger partial charge >= 0.3 is 0 Å². The Morgan fingerprint density at radius 1 is 1.29 bits per heavy atom. The second-order valence-electron chi connectivity index (χ2n) is 7.01. The third-order valence-electron chi connectivity index (χ3n) is 5.19. The first-order valence-corrected chi connectivity index (χ1v) is 9.36. The van der Waals surface area contributed by atoms with Crippen LogP contribution in [0.5, 0.6) is 0 Å². The molecule has 3 atom stereocenters. The monoisotopic (exact) mass is 395 g/mol. The Kier molecular flexibility index (Phi) is 4.32. The molecule has 0 bridgehead atoms. The van der Waals surface area contributed by atoms with Crippen LogP contribution in [0.1, 0.15) is 35.7 Å². The van der Waals surface area contributed by atoms with Gasteiger partial charge in [-0.05, 0) is 37.5 Å². The van der Waals surface area contributed by atoms with Gasteiger partial charge in [0.1, 0.15) is 18.4 Å². The fourth-order valence-electron chi connectivity index (χ4n) is 3.61. The molecule has 2 aromatic heterocycles. The highest BCUT2D eigenvalue weighted by atomic mass is 32.2. The van der Waals surface area contributed by atoms with Crippen molar-refractivity contribution in [3.8, 4) is 17.9 Å². The Morgan fingerprint density at radius 2 is 2.07 bits per heavy atom. The number of rotatable bonds is 2. The first kappa shape index (κ1) is 18.4. The second kappa shape index (κ2) is 6.57. The molecule has 0 radical (unpaired) electrons. The number of aliphatic imine (C=N–C) groups is 1. The number of fused-ring (bicyclic) bond motifs is 1. The second-order valence-corrected chi connectivity index (χ2v) is 8.45. The predicted molar refractivity (Wildman–Crippen MR) is 103 cm³/mol. The summed E-state index contributed by atoms with van der Waals surface area (Å²) < 4.78 is 27.5. The quantitative estimate of drug-likeness (QED) is 0.624. The molecule has 2 aromatic rings. The SMILES string of the molecule is C[C@]1(c2cc(C#Cc3ccc(C#N)cn3)cnc2F)N=C(N)S[C@@]2(CF)C[C@H]21. The average molecular weight is 395 g/mol. The smallest absolute Gasteiger partial charge is 0.218 e. The van der Waals surface area contributed by atoms with Crippen molar-refractivity contribution in [3.63, 3.8) is 0 Å². The lowest BCUT2D eigenvalue weighted by atomic mass is 9.86. The minimum atomic E-state index is -0.983. The molecule has 0 amide bonds. The van der Waals surface area contributed by atoms with E-state index < -0.39 is 22.9 Å². The van der Waals surface area contributed by atoms with Gasteiger partial charge in [0.2, 0.25) is 5.95 Å². The first-order valence-electron chi connectivity index (χ1n) is 8.55. The summed E-state index contributed by atoms with van der Waals surface area (Å²) in [4.78, 5) is 12.4. The number of pyridine rings is 2. The van der Waals surface area contributed by atoms with E-state index in [1.54, 1.807) is 25.1 Å². The molecule has 0 spiro atoms. The summed E-state index contributed by atoms with van der Waals surface area (Å²) in [6, 6.07) is 6.83. The predicted octanol–water partition coefficient (Wildman–Crippen LogP) is 2.89. The molecule has 1 aliphatic carbocycles. The van der Waals surface area contributed by atoms with Crippen LogP contribution in [0.3, 0.4) is 0 Å². The summed E-state index contributed by atoms with van der Waals surface area (Å²) in [5, 5.41) is 9.06. The number of nitriles is 1. The van der Waals surface area contributed by atoms with Crippen molar-refractivity contribution in [2.45, 2.75) is 23.6 Å². The molecule has 140 valence electrons. The van der Waals surface area contributed by atoms with Crippen LogP contribution in [0, 0.1) is 35.0 Å². The maximum Gasteiger partial charge on any atom is 0.218 e. The molecule has 3 heterocycles. The van der Waals surface area contributed by atoms with Crippen molar-refractivity contribution in [3.05, 3.63) is 58.9 Å².